The molecule has 5 nitrogen and oxygen atoms in total. The Hall–Kier alpha value is -2.02. The topological polar surface area (TPSA) is 66.5 Å². The Morgan fingerprint density at radius 1 is 1.04 bits per heavy atom. The van der Waals surface area contributed by atoms with Gasteiger partial charge in [-0.3, -0.25) is 4.79 Å². The van der Waals surface area contributed by atoms with Gasteiger partial charge in [-0.15, -0.1) is 0 Å². The van der Waals surface area contributed by atoms with Crippen LogP contribution in [0.2, 0.25) is 0 Å². The lowest BCUT2D eigenvalue weighted by Crippen LogP contribution is -2.28. The molecule has 2 aromatic carbocycles. The van der Waals surface area contributed by atoms with Crippen molar-refractivity contribution in [1.29, 1.82) is 0 Å². The van der Waals surface area contributed by atoms with Gasteiger partial charge in [0.15, 0.2) is 5.78 Å². The maximum absolute atomic E-state index is 12.2. The van der Waals surface area contributed by atoms with Crippen molar-refractivity contribution in [2.45, 2.75) is 24.8 Å². The first-order chi connectivity index (χ1) is 11.9. The molecule has 0 heterocycles. The molecule has 0 aliphatic heterocycles. The molecular weight excluding hydrogens is 336 g/mol. The number of hydrogen-bond acceptors (Lipinski definition) is 4. The molecule has 0 aliphatic rings. The Kier molecular flexibility index (Phi) is 6.87. The monoisotopic (exact) mass is 360 g/mol. The number of carbonyl (C=O) groups excluding carboxylic acids is 1. The van der Waals surface area contributed by atoms with Gasteiger partial charge in [-0.2, -0.15) is 0 Å². The number of nitrogens with one attached hydrogen (secondary N) is 1. The van der Waals surface area contributed by atoms with E-state index < -0.39 is 10.0 Å². The summed E-state index contributed by atoms with van der Waals surface area (Å²) < 4.78 is 27.1. The first kappa shape index (κ1) is 19.3. The van der Waals surface area contributed by atoms with Gasteiger partial charge in [-0.05, 0) is 44.6 Å². The van der Waals surface area contributed by atoms with E-state index in [4.69, 9.17) is 0 Å². The van der Waals surface area contributed by atoms with Crippen molar-refractivity contribution < 1.29 is 13.2 Å². The zero-order valence-electron chi connectivity index (χ0n) is 14.6. The molecule has 0 fully saturated rings. The van der Waals surface area contributed by atoms with E-state index in [1.165, 1.54) is 36.8 Å². The highest BCUT2D eigenvalue weighted by atomic mass is 32.2. The van der Waals surface area contributed by atoms with Crippen LogP contribution in [0.4, 0.5) is 0 Å². The third-order valence-corrected chi connectivity index (χ3v) is 5.35. The molecule has 0 spiro atoms. The predicted octanol–water partition coefficient (Wildman–Crippen LogP) is 2.69. The van der Waals surface area contributed by atoms with E-state index >= 15 is 0 Å². The van der Waals surface area contributed by atoms with Crippen molar-refractivity contribution in [1.82, 2.24) is 9.62 Å². The highest BCUT2D eigenvalue weighted by Gasteiger charge is 2.13. The summed E-state index contributed by atoms with van der Waals surface area (Å²) in [5, 5.41) is 0. The number of carbonyl (C=O) groups is 1. The largest absolute Gasteiger partial charge is 0.302 e. The Labute approximate surface area is 149 Å². The fourth-order valence-corrected chi connectivity index (χ4v) is 3.56. The van der Waals surface area contributed by atoms with Gasteiger partial charge in [0.2, 0.25) is 10.0 Å². The van der Waals surface area contributed by atoms with Gasteiger partial charge in [0.25, 0.3) is 0 Å². The molecule has 0 bridgehead atoms. The van der Waals surface area contributed by atoms with Crippen molar-refractivity contribution >= 4 is 15.8 Å². The van der Waals surface area contributed by atoms with Crippen LogP contribution in [-0.2, 0) is 16.6 Å². The number of rotatable bonds is 9. The van der Waals surface area contributed by atoms with E-state index in [-0.39, 0.29) is 10.7 Å². The van der Waals surface area contributed by atoms with Gasteiger partial charge >= 0.3 is 0 Å². The summed E-state index contributed by atoms with van der Waals surface area (Å²) in [5.41, 5.74) is 1.73. The molecule has 0 aliphatic carbocycles. The molecule has 2 rings (SSSR count). The lowest BCUT2D eigenvalue weighted by atomic mass is 10.2. The maximum Gasteiger partial charge on any atom is 0.240 e. The number of sulfonamides is 1. The Balaban J connectivity index is 1.79. The van der Waals surface area contributed by atoms with Crippen LogP contribution in [0.25, 0.3) is 0 Å². The van der Waals surface area contributed by atoms with Crippen LogP contribution in [0.5, 0.6) is 0 Å². The van der Waals surface area contributed by atoms with Gasteiger partial charge < -0.3 is 4.90 Å². The summed E-state index contributed by atoms with van der Waals surface area (Å²) in [5.74, 6) is -0.0849. The van der Waals surface area contributed by atoms with Crippen LogP contribution in [0.3, 0.4) is 0 Å². The second-order valence-corrected chi connectivity index (χ2v) is 7.82. The maximum atomic E-state index is 12.2. The van der Waals surface area contributed by atoms with E-state index in [0.29, 0.717) is 18.5 Å². The molecule has 134 valence electrons. The molecular formula is C19H24N2O3S. The minimum absolute atomic E-state index is 0.0849. The first-order valence-corrected chi connectivity index (χ1v) is 9.70. The fraction of sp³-hybridized carbons (Fsp3) is 0.316. The average Bonchev–Trinajstić information content (AvgIpc) is 2.60. The predicted molar refractivity (Wildman–Crippen MR) is 99.0 cm³/mol. The standard InChI is InChI=1S/C19H24N2O3S/c1-16(22)18-9-11-19(12-10-18)25(23,24)20-13-6-14-21(2)15-17-7-4-3-5-8-17/h3-5,7-12,20H,6,13-15H2,1-2H3. The second kappa shape index (κ2) is 8.89. The van der Waals surface area contributed by atoms with Crippen LogP contribution in [0.1, 0.15) is 29.3 Å². The smallest absolute Gasteiger partial charge is 0.240 e. The Morgan fingerprint density at radius 3 is 2.28 bits per heavy atom. The summed E-state index contributed by atoms with van der Waals surface area (Å²) >= 11 is 0. The van der Waals surface area contributed by atoms with Crippen LogP contribution in [0.15, 0.2) is 59.5 Å². The number of Topliss-reactive ketones (excluding diaryl/α,β-unsaturated/α-hetero) is 1. The number of ketones is 1. The van der Waals surface area contributed by atoms with Crippen LogP contribution in [-0.4, -0.2) is 39.2 Å². The second-order valence-electron chi connectivity index (χ2n) is 6.06. The molecule has 2 aromatic rings. The van der Waals surface area contributed by atoms with Crippen molar-refractivity contribution in [2.24, 2.45) is 0 Å². The van der Waals surface area contributed by atoms with E-state index in [2.05, 4.69) is 21.8 Å². The lowest BCUT2D eigenvalue weighted by molar-refractivity contribution is 0.101. The fourth-order valence-electron chi connectivity index (χ4n) is 2.48. The third kappa shape index (κ3) is 6.08. The van der Waals surface area contributed by atoms with Crippen molar-refractivity contribution in [3.63, 3.8) is 0 Å². The molecule has 6 heteroatoms. The highest BCUT2D eigenvalue weighted by molar-refractivity contribution is 7.89. The molecule has 0 amide bonds. The highest BCUT2D eigenvalue weighted by Crippen LogP contribution is 2.11. The molecule has 0 aromatic heterocycles. The van der Waals surface area contributed by atoms with E-state index in [9.17, 15) is 13.2 Å². The van der Waals surface area contributed by atoms with Crippen LogP contribution >= 0.6 is 0 Å². The van der Waals surface area contributed by atoms with Gasteiger partial charge in [0, 0.05) is 18.7 Å². The van der Waals surface area contributed by atoms with Crippen molar-refractivity contribution in [3.05, 3.63) is 65.7 Å². The summed E-state index contributed by atoms with van der Waals surface area (Å²) in [6.45, 7) is 3.45. The molecule has 0 saturated heterocycles. The quantitative estimate of drug-likeness (QED) is 0.551. The molecule has 0 radical (unpaired) electrons. The van der Waals surface area contributed by atoms with Crippen molar-refractivity contribution in [3.8, 4) is 0 Å². The zero-order valence-corrected chi connectivity index (χ0v) is 15.4. The number of hydrogen-bond donors (Lipinski definition) is 1. The number of benzene rings is 2. The van der Waals surface area contributed by atoms with Crippen molar-refractivity contribution in [2.75, 3.05) is 20.1 Å². The first-order valence-electron chi connectivity index (χ1n) is 8.21. The average molecular weight is 360 g/mol. The van der Waals surface area contributed by atoms with E-state index in [1.807, 2.05) is 25.2 Å². The molecule has 0 unspecified atom stereocenters. The van der Waals surface area contributed by atoms with Gasteiger partial charge in [0.05, 0.1) is 4.90 Å². The summed E-state index contributed by atoms with van der Waals surface area (Å²) in [6.07, 6.45) is 0.716. The number of nitrogens with zero attached hydrogens (tertiary/aromatic N) is 1. The zero-order chi connectivity index (χ0) is 18.3. The van der Waals surface area contributed by atoms with Gasteiger partial charge in [0.1, 0.15) is 0 Å². The SMILES string of the molecule is CC(=O)c1ccc(S(=O)(=O)NCCCN(C)Cc2ccccc2)cc1. The molecule has 0 saturated carbocycles. The molecule has 0 atom stereocenters. The van der Waals surface area contributed by atoms with Crippen LogP contribution < -0.4 is 4.72 Å². The molecule has 1 N–H and O–H groups in total. The molecule has 25 heavy (non-hydrogen) atoms. The summed E-state index contributed by atoms with van der Waals surface area (Å²) in [7, 11) is -1.52. The summed E-state index contributed by atoms with van der Waals surface area (Å²) in [6, 6.07) is 16.1. The third-order valence-electron chi connectivity index (χ3n) is 3.88. The Morgan fingerprint density at radius 2 is 1.68 bits per heavy atom. The minimum Gasteiger partial charge on any atom is -0.302 e. The van der Waals surface area contributed by atoms with Gasteiger partial charge in [-0.1, -0.05) is 42.5 Å². The van der Waals surface area contributed by atoms with E-state index in [0.717, 1.165) is 13.1 Å². The normalized spacial score (nSPS) is 11.6. The van der Waals surface area contributed by atoms with Gasteiger partial charge in [-0.25, -0.2) is 13.1 Å². The lowest BCUT2D eigenvalue weighted by Gasteiger charge is -2.16. The Bertz CT molecular complexity index is 787. The minimum atomic E-state index is -3.54. The van der Waals surface area contributed by atoms with Crippen LogP contribution in [0, 0.1) is 0 Å². The summed E-state index contributed by atoms with van der Waals surface area (Å²) in [4.78, 5) is 13.6. The van der Waals surface area contributed by atoms with E-state index in [1.54, 1.807) is 0 Å².